The number of nitro benzene ring substituents is 1. The quantitative estimate of drug-likeness (QED) is 0.534. The minimum absolute atomic E-state index is 0.0659. The molecule has 2 aromatic carbocycles. The van der Waals surface area contributed by atoms with Gasteiger partial charge in [-0.15, -0.1) is 11.8 Å². The fraction of sp³-hybridized carbons (Fsp3) is 0.176. The number of halogens is 1. The third kappa shape index (κ3) is 4.77. The van der Waals surface area contributed by atoms with Crippen molar-refractivity contribution in [2.75, 3.05) is 12.4 Å². The van der Waals surface area contributed by atoms with Gasteiger partial charge in [-0.1, -0.05) is 28.1 Å². The number of nitrogens with one attached hydrogen (secondary N) is 1. The molecule has 27 heavy (non-hydrogen) atoms. The summed E-state index contributed by atoms with van der Waals surface area (Å²) in [5, 5.41) is 11.6. The number of carbonyl (C=O) groups is 2. The molecule has 1 N–H and O–H groups in total. The summed E-state index contributed by atoms with van der Waals surface area (Å²) >= 11 is 4.79. The van der Waals surface area contributed by atoms with Crippen molar-refractivity contribution in [3.05, 3.63) is 68.7 Å². The first-order valence-corrected chi connectivity index (χ1v) is 9.64. The molecule has 10 heteroatoms. The van der Waals surface area contributed by atoms with Crippen LogP contribution in [0.15, 0.2) is 53.0 Å². The van der Waals surface area contributed by atoms with E-state index in [-0.39, 0.29) is 29.3 Å². The molecular formula is C17H14BrN3O5S. The van der Waals surface area contributed by atoms with Gasteiger partial charge in [0.05, 0.1) is 10.7 Å². The van der Waals surface area contributed by atoms with E-state index < -0.39 is 10.8 Å². The van der Waals surface area contributed by atoms with Crippen molar-refractivity contribution in [3.8, 4) is 5.75 Å². The number of nitro groups is 1. The van der Waals surface area contributed by atoms with Crippen molar-refractivity contribution in [3.63, 3.8) is 0 Å². The molecule has 8 nitrogen and oxygen atoms in total. The topological polar surface area (TPSA) is 102 Å². The van der Waals surface area contributed by atoms with E-state index in [9.17, 15) is 19.7 Å². The highest BCUT2D eigenvalue weighted by atomic mass is 79.9. The first-order valence-electron chi connectivity index (χ1n) is 7.80. The Balaban J connectivity index is 1.59. The Labute approximate surface area is 167 Å². The van der Waals surface area contributed by atoms with Gasteiger partial charge < -0.3 is 4.74 Å². The number of amides is 2. The van der Waals surface area contributed by atoms with E-state index in [0.29, 0.717) is 5.75 Å². The second-order valence-corrected chi connectivity index (χ2v) is 7.54. The number of non-ortho nitro benzene ring substituents is 1. The number of carbonyl (C=O) groups excluding carboxylic acids is 2. The van der Waals surface area contributed by atoms with Crippen molar-refractivity contribution in [2.24, 2.45) is 0 Å². The predicted molar refractivity (Wildman–Crippen MR) is 103 cm³/mol. The molecule has 140 valence electrons. The van der Waals surface area contributed by atoms with Crippen LogP contribution in [-0.2, 0) is 9.59 Å². The zero-order valence-electron chi connectivity index (χ0n) is 13.8. The maximum atomic E-state index is 12.2. The summed E-state index contributed by atoms with van der Waals surface area (Å²) in [6.07, 6.45) is 0. The van der Waals surface area contributed by atoms with E-state index in [1.165, 1.54) is 41.0 Å². The Morgan fingerprint density at radius 2 is 1.93 bits per heavy atom. The zero-order valence-corrected chi connectivity index (χ0v) is 16.2. The highest BCUT2D eigenvalue weighted by molar-refractivity contribution is 9.10. The Kier molecular flexibility index (Phi) is 5.97. The van der Waals surface area contributed by atoms with Crippen molar-refractivity contribution >= 4 is 45.2 Å². The zero-order chi connectivity index (χ0) is 19.4. The largest absolute Gasteiger partial charge is 0.484 e. The lowest BCUT2D eigenvalue weighted by atomic mass is 10.2. The van der Waals surface area contributed by atoms with E-state index >= 15 is 0 Å². The third-order valence-electron chi connectivity index (χ3n) is 3.69. The standard InChI is InChI=1S/C17H14BrN3O5S/c18-12-3-1-11(2-4-12)17-20(16(23)10-27-17)19-15(22)9-26-14-7-5-13(6-8-14)21(24)25/h1-8,17H,9-10H2,(H,19,22). The van der Waals surface area contributed by atoms with Gasteiger partial charge in [-0.3, -0.25) is 25.1 Å². The van der Waals surface area contributed by atoms with Crippen molar-refractivity contribution in [2.45, 2.75) is 5.37 Å². The van der Waals surface area contributed by atoms with Crippen LogP contribution in [0.5, 0.6) is 5.75 Å². The second kappa shape index (κ2) is 8.40. The number of hydrogen-bond donors (Lipinski definition) is 1. The summed E-state index contributed by atoms with van der Waals surface area (Å²) in [6, 6.07) is 12.9. The fourth-order valence-corrected chi connectivity index (χ4v) is 3.77. The molecule has 1 atom stereocenters. The lowest BCUT2D eigenvalue weighted by Crippen LogP contribution is -2.46. The SMILES string of the molecule is O=C(COc1ccc([N+](=O)[O-])cc1)NN1C(=O)CSC1c1ccc(Br)cc1. The molecule has 1 fully saturated rings. The maximum absolute atomic E-state index is 12.2. The van der Waals surface area contributed by atoms with Gasteiger partial charge in [0.2, 0.25) is 0 Å². The van der Waals surface area contributed by atoms with E-state index in [0.717, 1.165) is 10.0 Å². The van der Waals surface area contributed by atoms with Crippen LogP contribution in [0.4, 0.5) is 5.69 Å². The average Bonchev–Trinajstić information content (AvgIpc) is 3.01. The number of ether oxygens (including phenoxy) is 1. The lowest BCUT2D eigenvalue weighted by molar-refractivity contribution is -0.384. The van der Waals surface area contributed by atoms with Gasteiger partial charge in [-0.05, 0) is 29.8 Å². The summed E-state index contributed by atoms with van der Waals surface area (Å²) in [5.41, 5.74) is 3.40. The summed E-state index contributed by atoms with van der Waals surface area (Å²) in [4.78, 5) is 34.4. The second-order valence-electron chi connectivity index (χ2n) is 5.55. The Hall–Kier alpha value is -2.59. The monoisotopic (exact) mass is 451 g/mol. The van der Waals surface area contributed by atoms with Crippen LogP contribution >= 0.6 is 27.7 Å². The molecule has 1 unspecified atom stereocenters. The van der Waals surface area contributed by atoms with Gasteiger partial charge in [-0.2, -0.15) is 0 Å². The smallest absolute Gasteiger partial charge is 0.276 e. The molecule has 0 aliphatic carbocycles. The summed E-state index contributed by atoms with van der Waals surface area (Å²) in [7, 11) is 0. The Morgan fingerprint density at radius 3 is 2.56 bits per heavy atom. The molecule has 1 heterocycles. The Morgan fingerprint density at radius 1 is 1.26 bits per heavy atom. The van der Waals surface area contributed by atoms with Crippen LogP contribution in [0.3, 0.4) is 0 Å². The van der Waals surface area contributed by atoms with Crippen LogP contribution in [-0.4, -0.2) is 34.1 Å². The van der Waals surface area contributed by atoms with Crippen molar-refractivity contribution in [1.82, 2.24) is 10.4 Å². The van der Waals surface area contributed by atoms with Gasteiger partial charge in [-0.25, -0.2) is 5.01 Å². The van der Waals surface area contributed by atoms with Crippen LogP contribution in [0.25, 0.3) is 0 Å². The van der Waals surface area contributed by atoms with Crippen molar-refractivity contribution in [1.29, 1.82) is 0 Å². The van der Waals surface area contributed by atoms with Gasteiger partial charge in [0, 0.05) is 16.6 Å². The molecule has 1 saturated heterocycles. The van der Waals surface area contributed by atoms with Gasteiger partial charge in [0.15, 0.2) is 6.61 Å². The number of benzene rings is 2. The van der Waals surface area contributed by atoms with E-state index in [1.807, 2.05) is 24.3 Å². The molecule has 0 bridgehead atoms. The molecule has 0 spiro atoms. The molecule has 2 aromatic rings. The molecule has 0 aromatic heterocycles. The van der Waals surface area contributed by atoms with Crippen molar-refractivity contribution < 1.29 is 19.2 Å². The lowest BCUT2D eigenvalue weighted by Gasteiger charge is -2.24. The number of hydrazine groups is 1. The number of rotatable bonds is 6. The minimum atomic E-state index is -0.518. The fourth-order valence-electron chi connectivity index (χ4n) is 2.40. The molecular weight excluding hydrogens is 438 g/mol. The highest BCUT2D eigenvalue weighted by Gasteiger charge is 2.34. The average molecular weight is 452 g/mol. The van der Waals surface area contributed by atoms with Gasteiger partial charge in [0.25, 0.3) is 17.5 Å². The number of thioether (sulfide) groups is 1. The molecule has 0 saturated carbocycles. The third-order valence-corrected chi connectivity index (χ3v) is 5.43. The van der Waals surface area contributed by atoms with E-state index in [2.05, 4.69) is 21.4 Å². The summed E-state index contributed by atoms with van der Waals surface area (Å²) in [5.74, 6) is -0.102. The Bertz CT molecular complexity index is 860. The molecule has 1 aliphatic rings. The van der Waals surface area contributed by atoms with Crippen LogP contribution in [0.2, 0.25) is 0 Å². The van der Waals surface area contributed by atoms with Gasteiger partial charge in [0.1, 0.15) is 11.1 Å². The molecule has 3 rings (SSSR count). The normalized spacial score (nSPS) is 16.3. The van der Waals surface area contributed by atoms with Crippen LogP contribution < -0.4 is 10.2 Å². The highest BCUT2D eigenvalue weighted by Crippen LogP contribution is 2.37. The van der Waals surface area contributed by atoms with Crippen LogP contribution in [0, 0.1) is 10.1 Å². The van der Waals surface area contributed by atoms with E-state index in [4.69, 9.17) is 4.74 Å². The first kappa shape index (κ1) is 19.2. The first-order chi connectivity index (χ1) is 12.9. The molecule has 2 amide bonds. The maximum Gasteiger partial charge on any atom is 0.276 e. The van der Waals surface area contributed by atoms with E-state index in [1.54, 1.807) is 0 Å². The summed E-state index contributed by atoms with van der Waals surface area (Å²) in [6.45, 7) is -0.320. The molecule has 1 aliphatic heterocycles. The predicted octanol–water partition coefficient (Wildman–Crippen LogP) is 3.04. The number of nitrogens with zero attached hydrogens (tertiary/aromatic N) is 2. The van der Waals surface area contributed by atoms with Gasteiger partial charge >= 0.3 is 0 Å². The number of hydrogen-bond acceptors (Lipinski definition) is 6. The summed E-state index contributed by atoms with van der Waals surface area (Å²) < 4.78 is 6.24. The molecule has 0 radical (unpaired) electrons. The van der Waals surface area contributed by atoms with Crippen LogP contribution in [0.1, 0.15) is 10.9 Å². The minimum Gasteiger partial charge on any atom is -0.484 e.